The molecule has 180 valence electrons. The molecule has 3 aromatic heterocycles. The first-order valence-electron chi connectivity index (χ1n) is 11.5. The van der Waals surface area contributed by atoms with Gasteiger partial charge < -0.3 is 10.1 Å². The maximum Gasteiger partial charge on any atom is 0.329 e. The molecule has 1 aromatic carbocycles. The predicted octanol–water partition coefficient (Wildman–Crippen LogP) is 3.84. The van der Waals surface area contributed by atoms with Gasteiger partial charge in [0.1, 0.15) is 12.4 Å². The normalized spacial score (nSPS) is 11.1. The Labute approximate surface area is 201 Å². The largest absolute Gasteiger partial charge is 0.487 e. The molecule has 9 nitrogen and oxygen atoms in total. The van der Waals surface area contributed by atoms with E-state index in [4.69, 9.17) is 4.74 Å². The van der Waals surface area contributed by atoms with Crippen LogP contribution < -0.4 is 21.3 Å². The lowest BCUT2D eigenvalue weighted by molar-refractivity contribution is 0.102. The molecule has 0 saturated heterocycles. The lowest BCUT2D eigenvalue weighted by atomic mass is 10.0. The summed E-state index contributed by atoms with van der Waals surface area (Å²) in [5.74, 6) is 0.0673. The number of H-pyrrole nitrogens is 1. The minimum absolute atomic E-state index is 0.0151. The Balaban J connectivity index is 1.69. The minimum Gasteiger partial charge on any atom is -0.487 e. The van der Waals surface area contributed by atoms with Gasteiger partial charge in [0, 0.05) is 30.2 Å². The number of benzene rings is 1. The molecule has 9 heteroatoms. The fourth-order valence-corrected chi connectivity index (χ4v) is 3.70. The van der Waals surface area contributed by atoms with Crippen molar-refractivity contribution in [1.82, 2.24) is 19.5 Å². The standard InChI is InChI=1S/C26H27N5O4/c1-4-12-31-23-22(25(33)30-26(31)34)20(14-21(29-23)16(2)3)24(32)28-17-9-7-10-19(13-17)35-15-18-8-5-6-11-27-18/h5-11,13-14,16H,4,12,15H2,1-3H3,(H,28,32)(H,30,33,34). The second-order valence-corrected chi connectivity index (χ2v) is 8.45. The maximum absolute atomic E-state index is 13.4. The van der Waals surface area contributed by atoms with Crippen molar-refractivity contribution in [2.24, 2.45) is 0 Å². The van der Waals surface area contributed by atoms with Gasteiger partial charge in [-0.15, -0.1) is 0 Å². The van der Waals surface area contributed by atoms with E-state index in [-0.39, 0.29) is 29.1 Å². The van der Waals surface area contributed by atoms with Gasteiger partial charge in [0.2, 0.25) is 0 Å². The number of anilines is 1. The van der Waals surface area contributed by atoms with Crippen molar-refractivity contribution in [3.8, 4) is 5.75 Å². The molecule has 0 aliphatic rings. The van der Waals surface area contributed by atoms with E-state index in [1.54, 1.807) is 36.5 Å². The first kappa shape index (κ1) is 23.9. The lowest BCUT2D eigenvalue weighted by Gasteiger charge is -2.15. The van der Waals surface area contributed by atoms with Crippen molar-refractivity contribution in [2.75, 3.05) is 5.32 Å². The lowest BCUT2D eigenvalue weighted by Crippen LogP contribution is -2.32. The fraction of sp³-hybridized carbons (Fsp3) is 0.269. The summed E-state index contributed by atoms with van der Waals surface area (Å²) in [6.45, 7) is 6.46. The van der Waals surface area contributed by atoms with Crippen LogP contribution in [0, 0.1) is 0 Å². The summed E-state index contributed by atoms with van der Waals surface area (Å²) < 4.78 is 7.21. The second-order valence-electron chi connectivity index (χ2n) is 8.45. The molecule has 0 atom stereocenters. The third-order valence-electron chi connectivity index (χ3n) is 5.46. The van der Waals surface area contributed by atoms with Crippen LogP contribution in [0.25, 0.3) is 11.0 Å². The first-order valence-corrected chi connectivity index (χ1v) is 11.5. The highest BCUT2D eigenvalue weighted by molar-refractivity contribution is 6.11. The summed E-state index contributed by atoms with van der Waals surface area (Å²) in [6.07, 6.45) is 2.36. The van der Waals surface area contributed by atoms with E-state index in [1.165, 1.54) is 4.57 Å². The molecule has 1 amide bonds. The van der Waals surface area contributed by atoms with Crippen molar-refractivity contribution < 1.29 is 9.53 Å². The molecule has 3 heterocycles. The smallest absolute Gasteiger partial charge is 0.329 e. The number of aromatic nitrogens is 4. The first-order chi connectivity index (χ1) is 16.9. The SMILES string of the molecule is CCCn1c(=O)[nH]c(=O)c2c(C(=O)Nc3cccc(OCc4ccccn4)c3)cc(C(C)C)nc21. The Kier molecular flexibility index (Phi) is 7.05. The van der Waals surface area contributed by atoms with Gasteiger partial charge in [-0.2, -0.15) is 0 Å². The monoisotopic (exact) mass is 473 g/mol. The van der Waals surface area contributed by atoms with Gasteiger partial charge in [-0.1, -0.05) is 32.9 Å². The maximum atomic E-state index is 13.4. The van der Waals surface area contributed by atoms with E-state index in [0.29, 0.717) is 30.1 Å². The van der Waals surface area contributed by atoms with Gasteiger partial charge in [-0.05, 0) is 42.7 Å². The Bertz CT molecular complexity index is 1480. The van der Waals surface area contributed by atoms with Crippen molar-refractivity contribution >= 4 is 22.6 Å². The second kappa shape index (κ2) is 10.3. The highest BCUT2D eigenvalue weighted by Gasteiger charge is 2.20. The highest BCUT2D eigenvalue weighted by Crippen LogP contribution is 2.23. The molecule has 0 spiro atoms. The van der Waals surface area contributed by atoms with E-state index in [1.807, 2.05) is 39.0 Å². The number of amides is 1. The summed E-state index contributed by atoms with van der Waals surface area (Å²) in [4.78, 5) is 49.7. The van der Waals surface area contributed by atoms with Gasteiger partial charge in [0.15, 0.2) is 5.65 Å². The van der Waals surface area contributed by atoms with Crippen LogP contribution in [0.4, 0.5) is 5.69 Å². The van der Waals surface area contributed by atoms with Gasteiger partial charge >= 0.3 is 5.69 Å². The number of aromatic amines is 1. The fourth-order valence-electron chi connectivity index (χ4n) is 3.70. The summed E-state index contributed by atoms with van der Waals surface area (Å²) in [5.41, 5.74) is 1.09. The van der Waals surface area contributed by atoms with Crippen LogP contribution in [0.2, 0.25) is 0 Å². The number of rotatable bonds is 8. The van der Waals surface area contributed by atoms with Crippen LogP contribution in [0.1, 0.15) is 54.9 Å². The minimum atomic E-state index is -0.641. The van der Waals surface area contributed by atoms with E-state index >= 15 is 0 Å². The van der Waals surface area contributed by atoms with Crippen LogP contribution in [-0.2, 0) is 13.2 Å². The van der Waals surface area contributed by atoms with E-state index in [9.17, 15) is 14.4 Å². The predicted molar refractivity (Wildman–Crippen MR) is 134 cm³/mol. The topological polar surface area (TPSA) is 119 Å². The molecule has 0 unspecified atom stereocenters. The molecule has 0 fully saturated rings. The molecular weight excluding hydrogens is 446 g/mol. The van der Waals surface area contributed by atoms with E-state index < -0.39 is 17.2 Å². The summed E-state index contributed by atoms with van der Waals surface area (Å²) in [5, 5.41) is 2.93. The number of carbonyl (C=O) groups excluding carboxylic acids is 1. The number of ether oxygens (including phenoxy) is 1. The Hall–Kier alpha value is -4.27. The molecule has 35 heavy (non-hydrogen) atoms. The average molecular weight is 474 g/mol. The quantitative estimate of drug-likeness (QED) is 0.401. The molecule has 2 N–H and O–H groups in total. The number of pyridine rings is 2. The summed E-state index contributed by atoms with van der Waals surface area (Å²) in [6, 6.07) is 14.2. The van der Waals surface area contributed by atoms with Crippen LogP contribution in [-0.4, -0.2) is 25.4 Å². The Morgan fingerprint density at radius 3 is 2.69 bits per heavy atom. The molecule has 0 aliphatic heterocycles. The van der Waals surface area contributed by atoms with Crippen molar-refractivity contribution in [3.63, 3.8) is 0 Å². The summed E-state index contributed by atoms with van der Waals surface area (Å²) >= 11 is 0. The van der Waals surface area contributed by atoms with Gasteiger partial charge in [-0.25, -0.2) is 9.78 Å². The zero-order valence-electron chi connectivity index (χ0n) is 19.9. The number of hydrogen-bond donors (Lipinski definition) is 2. The molecule has 0 saturated carbocycles. The highest BCUT2D eigenvalue weighted by atomic mass is 16.5. The molecule has 0 aliphatic carbocycles. The van der Waals surface area contributed by atoms with E-state index in [0.717, 1.165) is 5.69 Å². The number of nitrogens with one attached hydrogen (secondary N) is 2. The average Bonchev–Trinajstić information content (AvgIpc) is 2.85. The number of nitrogens with zero attached hydrogens (tertiary/aromatic N) is 3. The zero-order valence-corrected chi connectivity index (χ0v) is 19.9. The zero-order chi connectivity index (χ0) is 24.9. The molecule has 4 aromatic rings. The van der Waals surface area contributed by atoms with Gasteiger partial charge in [0.05, 0.1) is 16.6 Å². The van der Waals surface area contributed by atoms with Crippen LogP contribution in [0.3, 0.4) is 0 Å². The van der Waals surface area contributed by atoms with Crippen LogP contribution in [0.5, 0.6) is 5.75 Å². The van der Waals surface area contributed by atoms with Crippen molar-refractivity contribution in [2.45, 2.75) is 46.3 Å². The molecule has 4 rings (SSSR count). The summed E-state index contributed by atoms with van der Waals surface area (Å²) in [7, 11) is 0. The van der Waals surface area contributed by atoms with E-state index in [2.05, 4.69) is 20.3 Å². The van der Waals surface area contributed by atoms with Crippen LogP contribution in [0.15, 0.2) is 64.3 Å². The molecular formula is C26H27N5O4. The number of aryl methyl sites for hydroxylation is 1. The van der Waals surface area contributed by atoms with Gasteiger partial charge in [-0.3, -0.25) is 24.1 Å². The number of fused-ring (bicyclic) bond motifs is 1. The van der Waals surface area contributed by atoms with Crippen molar-refractivity contribution in [3.05, 3.63) is 92.5 Å². The number of carbonyl (C=O) groups is 1. The molecule has 0 radical (unpaired) electrons. The third kappa shape index (κ3) is 5.29. The number of hydrogen-bond acceptors (Lipinski definition) is 6. The Morgan fingerprint density at radius 1 is 1.14 bits per heavy atom. The molecule has 0 bridgehead atoms. The van der Waals surface area contributed by atoms with Crippen molar-refractivity contribution in [1.29, 1.82) is 0 Å². The Morgan fingerprint density at radius 2 is 1.97 bits per heavy atom. The van der Waals surface area contributed by atoms with Crippen LogP contribution >= 0.6 is 0 Å². The third-order valence-corrected chi connectivity index (χ3v) is 5.46. The van der Waals surface area contributed by atoms with Gasteiger partial charge in [0.25, 0.3) is 11.5 Å².